The van der Waals surface area contributed by atoms with E-state index in [0.717, 1.165) is 37.5 Å². The van der Waals surface area contributed by atoms with Gasteiger partial charge in [0.15, 0.2) is 5.78 Å². The third-order valence-corrected chi connectivity index (χ3v) is 12.0. The van der Waals surface area contributed by atoms with E-state index in [-0.39, 0.29) is 39.7 Å². The minimum atomic E-state index is -0.200. The van der Waals surface area contributed by atoms with Crippen LogP contribution in [0, 0.1) is 45.3 Å². The molecule has 35 heavy (non-hydrogen) atoms. The van der Waals surface area contributed by atoms with Gasteiger partial charge in [0.25, 0.3) is 0 Å². The Morgan fingerprint density at radius 1 is 1.00 bits per heavy atom. The minimum Gasteiger partial charge on any atom is -0.462 e. The molecule has 0 aliphatic heterocycles. The molecule has 0 saturated heterocycles. The van der Waals surface area contributed by atoms with Gasteiger partial charge in [0.2, 0.25) is 0 Å². The summed E-state index contributed by atoms with van der Waals surface area (Å²) in [6, 6.07) is 0. The Bertz CT molecular complexity index is 896. The average Bonchev–Trinajstić information content (AvgIpc) is 3.02. The zero-order chi connectivity index (χ0) is 26.0. The molecular formula is C32H52O3. The zero-order valence-electron chi connectivity index (χ0n) is 24.2. The summed E-state index contributed by atoms with van der Waals surface area (Å²) in [4.78, 5) is 25.9. The summed E-state index contributed by atoms with van der Waals surface area (Å²) in [6.07, 6.45) is 11.1. The van der Waals surface area contributed by atoms with Gasteiger partial charge in [-0.25, -0.2) is 0 Å². The molecule has 4 aliphatic carbocycles. The van der Waals surface area contributed by atoms with Crippen LogP contribution >= 0.6 is 0 Å². The molecule has 0 spiro atoms. The Morgan fingerprint density at radius 3 is 2.31 bits per heavy atom. The topological polar surface area (TPSA) is 43.4 Å². The van der Waals surface area contributed by atoms with Crippen LogP contribution in [-0.4, -0.2) is 17.9 Å². The van der Waals surface area contributed by atoms with E-state index in [1.54, 1.807) is 0 Å². The van der Waals surface area contributed by atoms with Crippen LogP contribution in [0.3, 0.4) is 0 Å². The summed E-state index contributed by atoms with van der Waals surface area (Å²) < 4.78 is 5.80. The third kappa shape index (κ3) is 4.06. The molecule has 0 aromatic heterocycles. The van der Waals surface area contributed by atoms with E-state index in [9.17, 15) is 9.59 Å². The first-order valence-corrected chi connectivity index (χ1v) is 14.6. The number of allylic oxidation sites excluding steroid dienone is 2. The smallest absolute Gasteiger partial charge is 0.302 e. The molecule has 2 saturated carbocycles. The van der Waals surface area contributed by atoms with Crippen molar-refractivity contribution in [2.24, 2.45) is 45.3 Å². The highest BCUT2D eigenvalue weighted by molar-refractivity contribution is 5.99. The molecule has 0 aromatic carbocycles. The number of ketones is 1. The molecule has 198 valence electrons. The first-order chi connectivity index (χ1) is 16.2. The standard InChI is InChI=1S/C32H52O3/c1-20(2)11-10-12-21(3)23-13-18-32(9)28-24(14-17-31(23,32)8)30(7)16-15-27(35-22(4)33)29(5,6)26(30)19-25(28)34/h20-21,23,26-27H,10-19H2,1-9H3/t21-,23+,26+,27+,30+,31+,32-/m0/s1. The van der Waals surface area contributed by atoms with Crippen LogP contribution in [0.4, 0.5) is 0 Å². The quantitative estimate of drug-likeness (QED) is 0.356. The van der Waals surface area contributed by atoms with E-state index in [4.69, 9.17) is 4.74 Å². The van der Waals surface area contributed by atoms with Gasteiger partial charge in [-0.15, -0.1) is 0 Å². The lowest BCUT2D eigenvalue weighted by Gasteiger charge is -2.61. The van der Waals surface area contributed by atoms with Crippen LogP contribution in [0.15, 0.2) is 11.1 Å². The fraction of sp³-hybridized carbons (Fsp3) is 0.875. The highest BCUT2D eigenvalue weighted by atomic mass is 16.5. The molecule has 0 aromatic rings. The van der Waals surface area contributed by atoms with Gasteiger partial charge >= 0.3 is 5.97 Å². The predicted octanol–water partition coefficient (Wildman–Crippen LogP) is 8.31. The molecule has 0 unspecified atom stereocenters. The molecule has 0 bridgehead atoms. The monoisotopic (exact) mass is 484 g/mol. The molecule has 0 N–H and O–H groups in total. The van der Waals surface area contributed by atoms with E-state index < -0.39 is 0 Å². The van der Waals surface area contributed by atoms with Crippen LogP contribution in [0.25, 0.3) is 0 Å². The van der Waals surface area contributed by atoms with Crippen LogP contribution in [0.5, 0.6) is 0 Å². The van der Waals surface area contributed by atoms with Crippen molar-refractivity contribution in [2.75, 3.05) is 0 Å². The summed E-state index contributed by atoms with van der Waals surface area (Å²) in [5.41, 5.74) is 2.78. The van der Waals surface area contributed by atoms with Crippen LogP contribution in [0.1, 0.15) is 127 Å². The van der Waals surface area contributed by atoms with E-state index >= 15 is 0 Å². The van der Waals surface area contributed by atoms with Gasteiger partial charge in [0.1, 0.15) is 6.10 Å². The van der Waals surface area contributed by atoms with Crippen LogP contribution in [-0.2, 0) is 14.3 Å². The normalized spacial score (nSPS) is 41.3. The zero-order valence-corrected chi connectivity index (χ0v) is 24.2. The van der Waals surface area contributed by atoms with Crippen molar-refractivity contribution < 1.29 is 14.3 Å². The Kier molecular flexibility index (Phi) is 6.94. The lowest BCUT2D eigenvalue weighted by Crippen LogP contribution is -2.57. The highest BCUT2D eigenvalue weighted by Gasteiger charge is 2.65. The van der Waals surface area contributed by atoms with Gasteiger partial charge in [-0.1, -0.05) is 80.2 Å². The number of hydrogen-bond acceptors (Lipinski definition) is 3. The van der Waals surface area contributed by atoms with Crippen molar-refractivity contribution in [3.8, 4) is 0 Å². The lowest BCUT2D eigenvalue weighted by molar-refractivity contribution is -0.168. The van der Waals surface area contributed by atoms with Gasteiger partial charge in [-0.2, -0.15) is 0 Å². The summed E-state index contributed by atoms with van der Waals surface area (Å²) in [6.45, 7) is 20.6. The summed E-state index contributed by atoms with van der Waals surface area (Å²) in [7, 11) is 0. The average molecular weight is 485 g/mol. The van der Waals surface area contributed by atoms with Gasteiger partial charge in [0.05, 0.1) is 0 Å². The number of esters is 1. The Balaban J connectivity index is 1.66. The summed E-state index contributed by atoms with van der Waals surface area (Å²) in [5.74, 6) is 2.66. The first kappa shape index (κ1) is 26.9. The maximum absolute atomic E-state index is 14.1. The number of fused-ring (bicyclic) bond motifs is 4. The van der Waals surface area contributed by atoms with Crippen molar-refractivity contribution in [3.63, 3.8) is 0 Å². The first-order valence-electron chi connectivity index (χ1n) is 14.6. The van der Waals surface area contributed by atoms with E-state index in [2.05, 4.69) is 55.4 Å². The second-order valence-electron chi connectivity index (χ2n) is 14.6. The molecular weight excluding hydrogens is 432 g/mol. The van der Waals surface area contributed by atoms with Crippen LogP contribution in [0.2, 0.25) is 0 Å². The molecule has 4 aliphatic rings. The molecule has 4 rings (SSSR count). The van der Waals surface area contributed by atoms with Gasteiger partial charge in [-0.05, 0) is 73.0 Å². The SMILES string of the molecule is CC(=O)O[C@@H]1CC[C@]2(C)C3=C(C(=O)C[C@@H]2C1(C)C)[C@]1(C)CC[C@H]([C@@H](C)CCCC(C)C)[C@@]1(C)CC3. The van der Waals surface area contributed by atoms with E-state index in [0.29, 0.717) is 18.1 Å². The highest BCUT2D eigenvalue weighted by Crippen LogP contribution is 2.72. The molecule has 3 nitrogen and oxygen atoms in total. The number of ether oxygens (including phenoxy) is 1. The molecule has 2 fully saturated rings. The Hall–Kier alpha value is -1.12. The van der Waals surface area contributed by atoms with Crippen molar-refractivity contribution in [2.45, 2.75) is 133 Å². The predicted molar refractivity (Wildman–Crippen MR) is 143 cm³/mol. The lowest BCUT2D eigenvalue weighted by atomic mass is 9.43. The summed E-state index contributed by atoms with van der Waals surface area (Å²) >= 11 is 0. The molecule has 0 amide bonds. The van der Waals surface area contributed by atoms with E-state index in [1.807, 2.05) is 0 Å². The maximum Gasteiger partial charge on any atom is 0.302 e. The second kappa shape index (κ2) is 9.02. The fourth-order valence-corrected chi connectivity index (χ4v) is 9.75. The number of carbonyl (C=O) groups is 2. The van der Waals surface area contributed by atoms with E-state index in [1.165, 1.54) is 50.2 Å². The number of rotatable bonds is 6. The number of hydrogen-bond donors (Lipinski definition) is 0. The molecule has 3 heteroatoms. The maximum atomic E-state index is 14.1. The second-order valence-corrected chi connectivity index (χ2v) is 14.6. The van der Waals surface area contributed by atoms with Gasteiger partial charge in [-0.3, -0.25) is 9.59 Å². The number of Topliss-reactive ketones (excluding diaryl/α,β-unsaturated/α-hetero) is 1. The Labute approximate surface area is 215 Å². The van der Waals surface area contributed by atoms with Crippen molar-refractivity contribution in [1.82, 2.24) is 0 Å². The fourth-order valence-electron chi connectivity index (χ4n) is 9.75. The number of carbonyl (C=O) groups excluding carboxylic acids is 2. The van der Waals surface area contributed by atoms with Crippen LogP contribution < -0.4 is 0 Å². The van der Waals surface area contributed by atoms with Crippen molar-refractivity contribution in [3.05, 3.63) is 11.1 Å². The molecule has 0 heterocycles. The third-order valence-electron chi connectivity index (χ3n) is 12.0. The van der Waals surface area contributed by atoms with Crippen molar-refractivity contribution >= 4 is 11.8 Å². The summed E-state index contributed by atoms with van der Waals surface area (Å²) in [5, 5.41) is 0. The Morgan fingerprint density at radius 2 is 1.69 bits per heavy atom. The molecule has 0 radical (unpaired) electrons. The van der Waals surface area contributed by atoms with Crippen molar-refractivity contribution in [1.29, 1.82) is 0 Å². The van der Waals surface area contributed by atoms with Gasteiger partial charge < -0.3 is 4.74 Å². The minimum absolute atomic E-state index is 0.000499. The molecule has 7 atom stereocenters. The largest absolute Gasteiger partial charge is 0.462 e. The van der Waals surface area contributed by atoms with Gasteiger partial charge in [0, 0.05) is 29.7 Å².